The highest BCUT2D eigenvalue weighted by Gasteiger charge is 2.45. The highest BCUT2D eigenvalue weighted by molar-refractivity contribution is 7.61. The summed E-state index contributed by atoms with van der Waals surface area (Å²) < 4.78 is 70.1. The monoisotopic (exact) mass is 524 g/mol. The first-order valence-corrected chi connectivity index (χ1v) is 14.7. The van der Waals surface area contributed by atoms with Crippen molar-refractivity contribution in [3.8, 4) is 16.9 Å². The predicted molar refractivity (Wildman–Crippen MR) is 139 cm³/mol. The lowest BCUT2D eigenvalue weighted by Gasteiger charge is -2.24. The summed E-state index contributed by atoms with van der Waals surface area (Å²) in [6.07, 6.45) is 0.665. The van der Waals surface area contributed by atoms with E-state index in [1.54, 1.807) is 13.3 Å². The molecule has 1 amide bonds. The summed E-state index contributed by atoms with van der Waals surface area (Å²) in [7, 11) is -2.22. The minimum atomic E-state index is -3.12. The smallest absolute Gasteiger partial charge is 0.387 e. The van der Waals surface area contributed by atoms with Crippen LogP contribution in [0.5, 0.6) is 5.75 Å². The Hall–Kier alpha value is -3.51. The van der Waals surface area contributed by atoms with Crippen molar-refractivity contribution in [2.24, 2.45) is 0 Å². The minimum absolute atomic E-state index is 0.0187. The second kappa shape index (κ2) is 8.52. The molecule has 6 nitrogen and oxygen atoms in total. The fourth-order valence-electron chi connectivity index (χ4n) is 5.53. The van der Waals surface area contributed by atoms with Gasteiger partial charge in [-0.05, 0) is 54.3 Å². The lowest BCUT2D eigenvalue weighted by molar-refractivity contribution is -0.0507. The highest BCUT2D eigenvalue weighted by atomic mass is 31.2. The normalized spacial score (nSPS) is 20.3. The summed E-state index contributed by atoms with van der Waals surface area (Å²) in [4.78, 5) is 19.1. The summed E-state index contributed by atoms with van der Waals surface area (Å²) in [5, 5.41) is 0. The largest absolute Gasteiger partial charge is 0.434 e. The SMILES string of the molecule is [2H]C([2H])([2H])N1C(=O)c2cccc(OC(F)F)c2[C@H]2C[C@@H]1c1nc3ccc(-c4ccc(CP(C)(C)=O)cc4)cc3n12. The van der Waals surface area contributed by atoms with E-state index in [0.29, 0.717) is 23.0 Å². The summed E-state index contributed by atoms with van der Waals surface area (Å²) in [5.74, 6) is -0.552. The van der Waals surface area contributed by atoms with Gasteiger partial charge in [0.1, 0.15) is 11.6 Å². The molecule has 190 valence electrons. The molecule has 3 heterocycles. The Morgan fingerprint density at radius 1 is 1.11 bits per heavy atom. The van der Waals surface area contributed by atoms with Crippen LogP contribution in [0.4, 0.5) is 8.78 Å². The van der Waals surface area contributed by atoms with E-state index in [2.05, 4.69) is 0 Å². The number of halogens is 2. The van der Waals surface area contributed by atoms with Gasteiger partial charge in [-0.15, -0.1) is 0 Å². The number of ether oxygens (including phenoxy) is 1. The van der Waals surface area contributed by atoms with Crippen molar-refractivity contribution in [3.05, 3.63) is 83.2 Å². The number of carbonyl (C=O) groups excluding carboxylic acids is 1. The van der Waals surface area contributed by atoms with Gasteiger partial charge in [-0.2, -0.15) is 8.78 Å². The van der Waals surface area contributed by atoms with Gasteiger partial charge in [0.05, 0.1) is 30.3 Å². The number of aromatic nitrogens is 2. The third-order valence-corrected chi connectivity index (χ3v) is 8.13. The average molecular weight is 525 g/mol. The molecule has 6 rings (SSSR count). The summed E-state index contributed by atoms with van der Waals surface area (Å²) >= 11 is 0. The Morgan fingerprint density at radius 3 is 2.57 bits per heavy atom. The Bertz CT molecular complexity index is 1700. The number of benzene rings is 3. The van der Waals surface area contributed by atoms with E-state index in [4.69, 9.17) is 13.8 Å². The lowest BCUT2D eigenvalue weighted by atomic mass is 9.97. The van der Waals surface area contributed by atoms with Gasteiger partial charge in [0.25, 0.3) is 5.91 Å². The molecule has 2 atom stereocenters. The number of amides is 1. The topological polar surface area (TPSA) is 64.4 Å². The standard InChI is InChI=1S/C28H26F2N3O3P/c1-32-23-14-22(25-19(27(32)34)5-4-6-24(25)36-28(29)30)33-21-13-18(11-12-20(21)31-26(23)33)17-9-7-16(8-10-17)15-37(2,3)35/h4-13,22-23,28H,14-15H2,1-3H3/t22-,23-/m1/s1/i1D3. The first-order chi connectivity index (χ1) is 18.8. The molecule has 0 aliphatic carbocycles. The Balaban J connectivity index is 1.53. The van der Waals surface area contributed by atoms with E-state index in [9.17, 15) is 18.1 Å². The fraction of sp³-hybridized carbons (Fsp3) is 0.286. The maximum atomic E-state index is 13.6. The van der Waals surface area contributed by atoms with Crippen LogP contribution in [0.1, 0.15) is 49.9 Å². The van der Waals surface area contributed by atoms with Gasteiger partial charge in [-0.1, -0.05) is 36.4 Å². The fourth-order valence-corrected chi connectivity index (χ4v) is 6.62. The number of hydrogen-bond donors (Lipinski definition) is 0. The van der Waals surface area contributed by atoms with Crippen LogP contribution < -0.4 is 4.74 Å². The number of nitrogens with zero attached hydrogens (tertiary/aromatic N) is 3. The summed E-state index contributed by atoms with van der Waals surface area (Å²) in [5.41, 5.74) is 4.29. The first kappa shape index (κ1) is 20.5. The van der Waals surface area contributed by atoms with Crippen LogP contribution in [0.25, 0.3) is 22.2 Å². The second-order valence-corrected chi connectivity index (χ2v) is 13.5. The molecular weight excluding hydrogens is 495 g/mol. The van der Waals surface area contributed by atoms with Crippen molar-refractivity contribution in [1.29, 1.82) is 0 Å². The molecule has 0 unspecified atom stereocenters. The Labute approximate surface area is 217 Å². The van der Waals surface area contributed by atoms with E-state index in [-0.39, 0.29) is 23.3 Å². The quantitative estimate of drug-likeness (QED) is 0.278. The molecule has 2 aliphatic rings. The molecule has 0 saturated heterocycles. The van der Waals surface area contributed by atoms with Gasteiger partial charge in [-0.3, -0.25) is 4.79 Å². The summed E-state index contributed by atoms with van der Waals surface area (Å²) in [6.45, 7) is -2.40. The molecule has 0 spiro atoms. The zero-order chi connectivity index (χ0) is 28.6. The van der Waals surface area contributed by atoms with Crippen LogP contribution in [-0.4, -0.2) is 47.3 Å². The molecule has 3 aromatic carbocycles. The molecule has 2 bridgehead atoms. The van der Waals surface area contributed by atoms with E-state index in [1.807, 2.05) is 47.0 Å². The lowest BCUT2D eigenvalue weighted by Crippen LogP contribution is -2.30. The number of hydrogen-bond acceptors (Lipinski definition) is 4. The van der Waals surface area contributed by atoms with Crippen LogP contribution in [-0.2, 0) is 10.7 Å². The molecule has 1 aromatic heterocycles. The predicted octanol–water partition coefficient (Wildman–Crippen LogP) is 6.55. The van der Waals surface area contributed by atoms with Crippen LogP contribution >= 0.6 is 7.14 Å². The molecule has 9 heteroatoms. The molecule has 37 heavy (non-hydrogen) atoms. The van der Waals surface area contributed by atoms with E-state index in [1.165, 1.54) is 18.2 Å². The molecule has 0 fully saturated rings. The molecule has 2 aliphatic heterocycles. The highest BCUT2D eigenvalue weighted by Crippen LogP contribution is 2.50. The number of alkyl halides is 2. The number of fused-ring (bicyclic) bond motifs is 9. The summed E-state index contributed by atoms with van der Waals surface area (Å²) in [6, 6.07) is 16.2. The van der Waals surface area contributed by atoms with Gasteiger partial charge < -0.3 is 18.8 Å². The van der Waals surface area contributed by atoms with Gasteiger partial charge in [0.2, 0.25) is 0 Å². The second-order valence-electron chi connectivity index (χ2n) is 10.0. The maximum Gasteiger partial charge on any atom is 0.387 e. The van der Waals surface area contributed by atoms with Crippen molar-refractivity contribution in [2.75, 3.05) is 20.3 Å². The third-order valence-electron chi connectivity index (χ3n) is 7.00. The number of imidazole rings is 1. The van der Waals surface area contributed by atoms with Gasteiger partial charge in [0, 0.05) is 34.8 Å². The molecule has 0 saturated carbocycles. The van der Waals surface area contributed by atoms with E-state index < -0.39 is 38.7 Å². The molecule has 0 N–H and O–H groups in total. The van der Waals surface area contributed by atoms with Crippen molar-refractivity contribution in [1.82, 2.24) is 14.5 Å². The van der Waals surface area contributed by atoms with Crippen LogP contribution in [0.2, 0.25) is 0 Å². The zero-order valence-electron chi connectivity index (χ0n) is 23.2. The Kier molecular flexibility index (Phi) is 4.73. The van der Waals surface area contributed by atoms with Crippen LogP contribution in [0.15, 0.2) is 60.7 Å². The zero-order valence-corrected chi connectivity index (χ0v) is 21.1. The van der Waals surface area contributed by atoms with Gasteiger partial charge in [0.15, 0.2) is 0 Å². The minimum Gasteiger partial charge on any atom is -0.434 e. The maximum absolute atomic E-state index is 13.6. The van der Waals surface area contributed by atoms with Crippen molar-refractivity contribution in [2.45, 2.75) is 31.3 Å². The van der Waals surface area contributed by atoms with Crippen molar-refractivity contribution >= 4 is 24.1 Å². The molecule has 0 radical (unpaired) electrons. The van der Waals surface area contributed by atoms with Crippen LogP contribution in [0.3, 0.4) is 0 Å². The van der Waals surface area contributed by atoms with Crippen LogP contribution in [0, 0.1) is 0 Å². The molecule has 4 aromatic rings. The van der Waals surface area contributed by atoms with Gasteiger partial charge >= 0.3 is 6.61 Å². The van der Waals surface area contributed by atoms with E-state index in [0.717, 1.165) is 21.6 Å². The van der Waals surface area contributed by atoms with Crippen molar-refractivity contribution < 1.29 is 27.0 Å². The van der Waals surface area contributed by atoms with Crippen molar-refractivity contribution in [3.63, 3.8) is 0 Å². The van der Waals surface area contributed by atoms with E-state index >= 15 is 0 Å². The molecular formula is C28H26F2N3O3P. The number of carbonyl (C=O) groups is 1. The average Bonchev–Trinajstić information content (AvgIpc) is 3.35. The Morgan fingerprint density at radius 2 is 1.86 bits per heavy atom. The first-order valence-electron chi connectivity index (χ1n) is 13.4. The van der Waals surface area contributed by atoms with Gasteiger partial charge in [-0.25, -0.2) is 4.98 Å². The third kappa shape index (κ3) is 4.04. The number of rotatable bonds is 5.